The molecule has 160 valence electrons. The summed E-state index contributed by atoms with van der Waals surface area (Å²) in [6.07, 6.45) is 6.32. The summed E-state index contributed by atoms with van der Waals surface area (Å²) in [5.74, 6) is -0.928. The Morgan fingerprint density at radius 1 is 1.35 bits per heavy atom. The molecular weight excluding hydrogens is 399 g/mol. The Labute approximate surface area is 178 Å². The number of carbonyl (C=O) groups is 1. The zero-order valence-electron chi connectivity index (χ0n) is 17.2. The SMILES string of the molecule is COc1ccc(-c2ncc3c(n2)-c2[nH]c(CC4(N)CCC4)c(C(=O)O)c2CC3)cc1F. The number of benzene rings is 1. The van der Waals surface area contributed by atoms with Crippen molar-refractivity contribution in [1.29, 1.82) is 0 Å². The minimum atomic E-state index is -0.953. The first-order chi connectivity index (χ1) is 14.9. The number of carboxylic acid groups (broad SMARTS) is 1. The molecule has 2 aromatic heterocycles. The van der Waals surface area contributed by atoms with Gasteiger partial charge in [0.05, 0.1) is 24.1 Å². The van der Waals surface area contributed by atoms with E-state index in [9.17, 15) is 14.3 Å². The fourth-order valence-electron chi connectivity index (χ4n) is 4.61. The normalized spacial score (nSPS) is 16.2. The van der Waals surface area contributed by atoms with Gasteiger partial charge in [-0.1, -0.05) is 0 Å². The van der Waals surface area contributed by atoms with Gasteiger partial charge in [0, 0.05) is 29.4 Å². The molecule has 0 radical (unpaired) electrons. The van der Waals surface area contributed by atoms with Gasteiger partial charge in [0.1, 0.15) is 0 Å². The number of nitrogens with zero attached hydrogens (tertiary/aromatic N) is 2. The van der Waals surface area contributed by atoms with Crippen LogP contribution in [-0.4, -0.2) is 38.7 Å². The summed E-state index contributed by atoms with van der Waals surface area (Å²) in [7, 11) is 1.41. The van der Waals surface area contributed by atoms with E-state index in [1.54, 1.807) is 12.3 Å². The molecule has 1 aromatic carbocycles. The highest BCUT2D eigenvalue weighted by atomic mass is 19.1. The third kappa shape index (κ3) is 3.27. The summed E-state index contributed by atoms with van der Waals surface area (Å²) >= 11 is 0. The number of fused-ring (bicyclic) bond motifs is 3. The number of hydrogen-bond donors (Lipinski definition) is 3. The summed E-state index contributed by atoms with van der Waals surface area (Å²) in [6, 6.07) is 4.57. The van der Waals surface area contributed by atoms with Crippen molar-refractivity contribution in [2.75, 3.05) is 7.11 Å². The Kier molecular flexibility index (Phi) is 4.55. The first-order valence-corrected chi connectivity index (χ1v) is 10.3. The lowest BCUT2D eigenvalue weighted by Crippen LogP contribution is -2.48. The van der Waals surface area contributed by atoms with Crippen molar-refractivity contribution >= 4 is 5.97 Å². The van der Waals surface area contributed by atoms with Crippen LogP contribution in [0.3, 0.4) is 0 Å². The number of aromatic amines is 1. The molecule has 2 heterocycles. The first kappa shape index (κ1) is 19.7. The van der Waals surface area contributed by atoms with Crippen molar-refractivity contribution in [3.63, 3.8) is 0 Å². The molecule has 0 unspecified atom stereocenters. The second kappa shape index (κ2) is 7.16. The molecule has 5 rings (SSSR count). The maximum absolute atomic E-state index is 14.2. The molecular formula is C23H23FN4O3. The Hall–Kier alpha value is -3.26. The Morgan fingerprint density at radius 2 is 2.16 bits per heavy atom. The quantitative estimate of drug-likeness (QED) is 0.580. The Balaban J connectivity index is 1.60. The Morgan fingerprint density at radius 3 is 2.81 bits per heavy atom. The van der Waals surface area contributed by atoms with Crippen LogP contribution in [0.15, 0.2) is 24.4 Å². The van der Waals surface area contributed by atoms with E-state index in [1.807, 2.05) is 0 Å². The van der Waals surface area contributed by atoms with Crippen LogP contribution in [-0.2, 0) is 19.3 Å². The van der Waals surface area contributed by atoms with Gasteiger partial charge in [0.25, 0.3) is 0 Å². The van der Waals surface area contributed by atoms with Gasteiger partial charge in [0.15, 0.2) is 17.4 Å². The van der Waals surface area contributed by atoms with E-state index in [0.29, 0.717) is 53.3 Å². The lowest BCUT2D eigenvalue weighted by molar-refractivity contribution is 0.0694. The van der Waals surface area contributed by atoms with Crippen molar-refractivity contribution in [3.8, 4) is 28.5 Å². The molecule has 8 heteroatoms. The maximum atomic E-state index is 14.2. The number of carboxylic acids is 1. The number of H-pyrrole nitrogens is 1. The molecule has 4 N–H and O–H groups in total. The van der Waals surface area contributed by atoms with E-state index >= 15 is 0 Å². The van der Waals surface area contributed by atoms with Crippen molar-refractivity contribution in [3.05, 3.63) is 52.6 Å². The van der Waals surface area contributed by atoms with Gasteiger partial charge in [-0.25, -0.2) is 19.2 Å². The van der Waals surface area contributed by atoms with E-state index in [1.165, 1.54) is 19.2 Å². The maximum Gasteiger partial charge on any atom is 0.337 e. The minimum absolute atomic E-state index is 0.149. The van der Waals surface area contributed by atoms with Crippen LogP contribution in [0.2, 0.25) is 0 Å². The Bertz CT molecular complexity index is 1200. The number of aromatic nitrogens is 3. The molecule has 0 atom stereocenters. The zero-order valence-corrected chi connectivity index (χ0v) is 17.2. The highest BCUT2D eigenvalue weighted by Crippen LogP contribution is 2.39. The predicted molar refractivity (Wildman–Crippen MR) is 113 cm³/mol. The average Bonchev–Trinajstić information content (AvgIpc) is 3.10. The van der Waals surface area contributed by atoms with Gasteiger partial charge in [-0.3, -0.25) is 0 Å². The summed E-state index contributed by atoms with van der Waals surface area (Å²) in [5.41, 5.74) is 10.6. The fourth-order valence-corrected chi connectivity index (χ4v) is 4.61. The molecule has 1 saturated carbocycles. The van der Waals surface area contributed by atoms with E-state index in [2.05, 4.69) is 9.97 Å². The number of ether oxygens (including phenoxy) is 1. The number of methoxy groups -OCH3 is 1. The molecule has 2 aliphatic carbocycles. The van der Waals surface area contributed by atoms with Crippen LogP contribution >= 0.6 is 0 Å². The monoisotopic (exact) mass is 422 g/mol. The van der Waals surface area contributed by atoms with Gasteiger partial charge < -0.3 is 20.6 Å². The average molecular weight is 422 g/mol. The van der Waals surface area contributed by atoms with Crippen LogP contribution < -0.4 is 10.5 Å². The molecule has 31 heavy (non-hydrogen) atoms. The number of nitrogens with one attached hydrogen (secondary N) is 1. The van der Waals surface area contributed by atoms with Gasteiger partial charge in [-0.15, -0.1) is 0 Å². The molecule has 2 aliphatic rings. The summed E-state index contributed by atoms with van der Waals surface area (Å²) in [5, 5.41) is 9.91. The number of halogens is 1. The van der Waals surface area contributed by atoms with Crippen molar-refractivity contribution in [2.24, 2.45) is 5.73 Å². The summed E-state index contributed by atoms with van der Waals surface area (Å²) in [6.45, 7) is 0. The summed E-state index contributed by atoms with van der Waals surface area (Å²) < 4.78 is 19.2. The van der Waals surface area contributed by atoms with Crippen molar-refractivity contribution < 1.29 is 19.0 Å². The number of nitrogens with two attached hydrogens (primary N) is 1. The first-order valence-electron chi connectivity index (χ1n) is 10.3. The van der Waals surface area contributed by atoms with Gasteiger partial charge in [0.2, 0.25) is 0 Å². The smallest absolute Gasteiger partial charge is 0.337 e. The molecule has 1 fully saturated rings. The fraction of sp³-hybridized carbons (Fsp3) is 0.348. The molecule has 0 saturated heterocycles. The molecule has 0 spiro atoms. The standard InChI is InChI=1S/C23H23FN4O3/c1-31-17-6-4-12(9-15(17)24)21-26-11-13-3-5-14-18(22(29)30)16(10-23(25)7-2-8-23)27-20(14)19(13)28-21/h4,6,9,11,27H,2-3,5,7-8,10,25H2,1H3,(H,29,30). The van der Waals surface area contributed by atoms with Crippen LogP contribution in [0.1, 0.15) is 46.4 Å². The topological polar surface area (TPSA) is 114 Å². The predicted octanol–water partition coefficient (Wildman–Crippen LogP) is 3.51. The molecule has 0 bridgehead atoms. The number of aromatic carboxylic acids is 1. The lowest BCUT2D eigenvalue weighted by Gasteiger charge is -2.38. The largest absolute Gasteiger partial charge is 0.494 e. The molecule has 7 nitrogen and oxygen atoms in total. The number of rotatable bonds is 5. The van der Waals surface area contributed by atoms with Gasteiger partial charge >= 0.3 is 5.97 Å². The van der Waals surface area contributed by atoms with Crippen molar-refractivity contribution in [1.82, 2.24) is 15.0 Å². The highest BCUT2D eigenvalue weighted by molar-refractivity contribution is 5.94. The van der Waals surface area contributed by atoms with E-state index in [0.717, 1.165) is 30.4 Å². The van der Waals surface area contributed by atoms with Crippen LogP contribution in [0.25, 0.3) is 22.8 Å². The zero-order chi connectivity index (χ0) is 21.8. The van der Waals surface area contributed by atoms with Crippen LogP contribution in [0.5, 0.6) is 5.75 Å². The van der Waals surface area contributed by atoms with Crippen LogP contribution in [0.4, 0.5) is 4.39 Å². The second-order valence-corrected chi connectivity index (χ2v) is 8.45. The third-order valence-corrected chi connectivity index (χ3v) is 6.43. The lowest BCUT2D eigenvalue weighted by atomic mass is 9.74. The minimum Gasteiger partial charge on any atom is -0.494 e. The van der Waals surface area contributed by atoms with Gasteiger partial charge in [-0.05, 0) is 61.4 Å². The molecule has 0 amide bonds. The number of hydrogen-bond acceptors (Lipinski definition) is 5. The summed E-state index contributed by atoms with van der Waals surface area (Å²) in [4.78, 5) is 24.5. The van der Waals surface area contributed by atoms with Crippen LogP contribution in [0, 0.1) is 5.82 Å². The second-order valence-electron chi connectivity index (χ2n) is 8.45. The third-order valence-electron chi connectivity index (χ3n) is 6.43. The van der Waals surface area contributed by atoms with E-state index in [4.69, 9.17) is 15.5 Å². The highest BCUT2D eigenvalue weighted by Gasteiger charge is 2.37. The van der Waals surface area contributed by atoms with E-state index < -0.39 is 11.8 Å². The number of aryl methyl sites for hydroxylation is 1. The molecule has 0 aliphatic heterocycles. The van der Waals surface area contributed by atoms with E-state index in [-0.39, 0.29) is 11.3 Å². The van der Waals surface area contributed by atoms with Crippen molar-refractivity contribution in [2.45, 2.75) is 44.1 Å². The van der Waals surface area contributed by atoms with Gasteiger partial charge in [-0.2, -0.15) is 0 Å². The molecule has 3 aromatic rings.